The van der Waals surface area contributed by atoms with Gasteiger partial charge in [-0.2, -0.15) is 0 Å². The molecule has 0 aliphatic heterocycles. The number of aliphatic carboxylic acids is 1. The van der Waals surface area contributed by atoms with E-state index in [4.69, 9.17) is 0 Å². The Morgan fingerprint density at radius 2 is 1.57 bits per heavy atom. The first-order chi connectivity index (χ1) is 16.0. The van der Waals surface area contributed by atoms with Gasteiger partial charge in [-0.15, -0.1) is 0 Å². The molecule has 0 radical (unpaired) electrons. The van der Waals surface area contributed by atoms with Crippen LogP contribution in [0.25, 0.3) is 0 Å². The Hall–Kier alpha value is -2.67. The van der Waals surface area contributed by atoms with Crippen LogP contribution in [-0.2, 0) is 19.8 Å². The van der Waals surface area contributed by atoms with Gasteiger partial charge in [-0.25, -0.2) is 4.79 Å². The third-order valence-electron chi connectivity index (χ3n) is 6.53. The fraction of sp³-hybridized carbons (Fsp3) is 0.607. The van der Waals surface area contributed by atoms with Crippen LogP contribution in [-0.4, -0.2) is 60.0 Å². The highest BCUT2D eigenvalue weighted by Crippen LogP contribution is 2.29. The summed E-state index contributed by atoms with van der Waals surface area (Å²) in [4.78, 5) is 40.3. The van der Waals surface area contributed by atoms with Gasteiger partial charge in [0.15, 0.2) is 0 Å². The summed E-state index contributed by atoms with van der Waals surface area (Å²) in [5, 5.41) is 15.5. The predicted molar refractivity (Wildman–Crippen MR) is 141 cm³/mol. The smallest absolute Gasteiger partial charge is 0.331 e. The number of carbonyl (C=O) groups is 3. The molecule has 0 saturated carbocycles. The highest BCUT2D eigenvalue weighted by atomic mass is 16.4. The van der Waals surface area contributed by atoms with E-state index in [0.29, 0.717) is 6.42 Å². The second kappa shape index (κ2) is 12.3. The summed E-state index contributed by atoms with van der Waals surface area (Å²) in [5.74, 6) is -1.28. The van der Waals surface area contributed by atoms with Gasteiger partial charge in [-0.1, -0.05) is 84.9 Å². The van der Waals surface area contributed by atoms with Crippen molar-refractivity contribution >= 4 is 17.8 Å². The van der Waals surface area contributed by atoms with Gasteiger partial charge in [0.05, 0.1) is 12.1 Å². The monoisotopic (exact) mass is 487 g/mol. The first-order valence-corrected chi connectivity index (χ1v) is 12.3. The highest BCUT2D eigenvalue weighted by molar-refractivity contribution is 5.91. The maximum absolute atomic E-state index is 13.7. The molecular formula is C28H45N3O4. The molecule has 0 spiro atoms. The second-order valence-corrected chi connectivity index (χ2v) is 11.4. The number of nitrogens with one attached hydrogen (secondary N) is 2. The van der Waals surface area contributed by atoms with E-state index in [0.717, 1.165) is 5.56 Å². The molecule has 7 nitrogen and oxygen atoms in total. The van der Waals surface area contributed by atoms with Gasteiger partial charge in [0.2, 0.25) is 11.8 Å². The number of carbonyl (C=O) groups excluding carboxylic acids is 2. The van der Waals surface area contributed by atoms with Crippen LogP contribution in [0.4, 0.5) is 0 Å². The minimum Gasteiger partial charge on any atom is -0.478 e. The third kappa shape index (κ3) is 8.20. The zero-order chi connectivity index (χ0) is 27.1. The fourth-order valence-corrected chi connectivity index (χ4v) is 4.28. The minimum atomic E-state index is -1.01. The zero-order valence-electron chi connectivity index (χ0n) is 23.1. The molecule has 0 heterocycles. The van der Waals surface area contributed by atoms with Crippen molar-refractivity contribution in [2.24, 2.45) is 11.3 Å². The van der Waals surface area contributed by atoms with Crippen molar-refractivity contribution in [3.05, 3.63) is 47.5 Å². The minimum absolute atomic E-state index is 0.187. The first-order valence-electron chi connectivity index (χ1n) is 12.3. The Bertz CT molecular complexity index is 901. The summed E-state index contributed by atoms with van der Waals surface area (Å²) in [7, 11) is 3.42. The van der Waals surface area contributed by atoms with Crippen LogP contribution in [0.2, 0.25) is 0 Å². The molecule has 0 aliphatic rings. The standard InChI is InChI=1S/C28H45N3O4/c1-18(2)16-21(17-19(3)26(34)35)31(10)25(33)23(27(4,5)6)30-24(32)22(29-9)28(7,8)20-14-12-11-13-15-20/h11-15,17-18,21-23,29H,16H2,1-10H3,(H,30,32)(H,34,35). The van der Waals surface area contributed by atoms with Gasteiger partial charge in [0.25, 0.3) is 0 Å². The van der Waals surface area contributed by atoms with Crippen molar-refractivity contribution < 1.29 is 19.5 Å². The molecule has 7 heteroatoms. The summed E-state index contributed by atoms with van der Waals surface area (Å²) in [6.45, 7) is 15.3. The molecule has 3 unspecified atom stereocenters. The van der Waals surface area contributed by atoms with Crippen molar-refractivity contribution in [3.63, 3.8) is 0 Å². The molecule has 0 aromatic heterocycles. The van der Waals surface area contributed by atoms with E-state index < -0.39 is 34.9 Å². The first kappa shape index (κ1) is 30.4. The predicted octanol–water partition coefficient (Wildman–Crippen LogP) is 3.99. The van der Waals surface area contributed by atoms with Crippen LogP contribution in [0, 0.1) is 11.3 Å². The Morgan fingerprint density at radius 1 is 1.03 bits per heavy atom. The molecular weight excluding hydrogens is 442 g/mol. The number of carboxylic acids is 1. The SMILES string of the molecule is CNC(C(=O)NC(C(=O)N(C)C(C=C(C)C(=O)O)CC(C)C)C(C)(C)C)C(C)(C)c1ccccc1. The maximum atomic E-state index is 13.7. The van der Waals surface area contributed by atoms with E-state index in [1.54, 1.807) is 25.1 Å². The van der Waals surface area contributed by atoms with E-state index in [-0.39, 0.29) is 23.3 Å². The number of nitrogens with zero attached hydrogens (tertiary/aromatic N) is 1. The Morgan fingerprint density at radius 3 is 2.00 bits per heavy atom. The van der Waals surface area contributed by atoms with Crippen LogP contribution in [0.1, 0.15) is 67.4 Å². The Balaban J connectivity index is 3.30. The lowest BCUT2D eigenvalue weighted by molar-refractivity contribution is -0.140. The molecule has 196 valence electrons. The van der Waals surface area contributed by atoms with Crippen molar-refractivity contribution in [2.75, 3.05) is 14.1 Å². The number of benzene rings is 1. The third-order valence-corrected chi connectivity index (χ3v) is 6.53. The lowest BCUT2D eigenvalue weighted by Crippen LogP contribution is -2.61. The average Bonchev–Trinajstić information content (AvgIpc) is 2.75. The van der Waals surface area contributed by atoms with E-state index in [1.165, 1.54) is 6.92 Å². The maximum Gasteiger partial charge on any atom is 0.331 e. The molecule has 3 N–H and O–H groups in total. The van der Waals surface area contributed by atoms with E-state index >= 15 is 0 Å². The molecule has 0 aliphatic carbocycles. The number of hydrogen-bond acceptors (Lipinski definition) is 4. The Kier molecular flexibility index (Phi) is 10.7. The van der Waals surface area contributed by atoms with Crippen LogP contribution in [0.15, 0.2) is 42.0 Å². The molecule has 0 fully saturated rings. The number of rotatable bonds is 11. The summed E-state index contributed by atoms with van der Waals surface area (Å²) < 4.78 is 0. The largest absolute Gasteiger partial charge is 0.478 e. The quantitative estimate of drug-likeness (QED) is 0.410. The summed E-state index contributed by atoms with van der Waals surface area (Å²) in [5.41, 5.74) is 0.103. The highest BCUT2D eigenvalue weighted by Gasteiger charge is 2.41. The van der Waals surface area contributed by atoms with Crippen LogP contribution in [0.5, 0.6) is 0 Å². The normalized spacial score (nSPS) is 15.3. The van der Waals surface area contributed by atoms with Crippen LogP contribution >= 0.6 is 0 Å². The van der Waals surface area contributed by atoms with Crippen molar-refractivity contribution in [1.29, 1.82) is 0 Å². The lowest BCUT2D eigenvalue weighted by Gasteiger charge is -2.39. The van der Waals surface area contributed by atoms with Gasteiger partial charge in [0, 0.05) is 18.0 Å². The van der Waals surface area contributed by atoms with Gasteiger partial charge in [0.1, 0.15) is 6.04 Å². The molecule has 0 saturated heterocycles. The van der Waals surface area contributed by atoms with Gasteiger partial charge < -0.3 is 20.6 Å². The van der Waals surface area contributed by atoms with Crippen LogP contribution < -0.4 is 10.6 Å². The Labute approximate surface area is 211 Å². The number of hydrogen-bond donors (Lipinski definition) is 3. The summed E-state index contributed by atoms with van der Waals surface area (Å²) >= 11 is 0. The van der Waals surface area contributed by atoms with Crippen molar-refractivity contribution in [2.45, 2.75) is 85.4 Å². The van der Waals surface area contributed by atoms with Gasteiger partial charge >= 0.3 is 5.97 Å². The molecule has 2 amide bonds. The van der Waals surface area contributed by atoms with Crippen LogP contribution in [0.3, 0.4) is 0 Å². The summed E-state index contributed by atoms with van der Waals surface area (Å²) in [6, 6.07) is 8.04. The zero-order valence-corrected chi connectivity index (χ0v) is 23.1. The van der Waals surface area contributed by atoms with Crippen molar-refractivity contribution in [3.8, 4) is 0 Å². The number of likely N-dealkylation sites (N-methyl/N-ethyl adjacent to an activating group) is 2. The average molecular weight is 488 g/mol. The molecule has 35 heavy (non-hydrogen) atoms. The number of amides is 2. The van der Waals surface area contributed by atoms with Gasteiger partial charge in [-0.05, 0) is 37.3 Å². The molecule has 0 bridgehead atoms. The fourth-order valence-electron chi connectivity index (χ4n) is 4.28. The second-order valence-electron chi connectivity index (χ2n) is 11.4. The molecule has 1 aromatic carbocycles. The van der Waals surface area contributed by atoms with E-state index in [9.17, 15) is 19.5 Å². The summed E-state index contributed by atoms with van der Waals surface area (Å²) in [6.07, 6.45) is 2.23. The molecule has 1 aromatic rings. The molecule has 3 atom stereocenters. The van der Waals surface area contributed by atoms with E-state index in [1.807, 2.05) is 78.8 Å². The topological polar surface area (TPSA) is 98.7 Å². The van der Waals surface area contributed by atoms with Gasteiger partial charge in [-0.3, -0.25) is 9.59 Å². The van der Waals surface area contributed by atoms with E-state index in [2.05, 4.69) is 10.6 Å². The molecule has 1 rings (SSSR count). The number of carboxylic acid groups (broad SMARTS) is 1. The lowest BCUT2D eigenvalue weighted by atomic mass is 9.76. The van der Waals surface area contributed by atoms with Crippen molar-refractivity contribution in [1.82, 2.24) is 15.5 Å².